The fourth-order valence-electron chi connectivity index (χ4n) is 3.17. The van der Waals surface area contributed by atoms with E-state index in [1.54, 1.807) is 0 Å². The lowest BCUT2D eigenvalue weighted by Crippen LogP contribution is -2.44. The summed E-state index contributed by atoms with van der Waals surface area (Å²) in [4.78, 5) is 12.0. The van der Waals surface area contributed by atoms with Gasteiger partial charge >= 0.3 is 0 Å². The molecule has 0 aliphatic carbocycles. The van der Waals surface area contributed by atoms with E-state index in [0.29, 0.717) is 0 Å². The Hall–Kier alpha value is -0.220. The predicted molar refractivity (Wildman–Crippen MR) is 126 cm³/mol. The highest BCUT2D eigenvalue weighted by Gasteiger charge is 2.23. The summed E-state index contributed by atoms with van der Waals surface area (Å²) in [5.41, 5.74) is -0.396. The number of aliphatic hydroxyl groups excluding tert-OH is 1. The van der Waals surface area contributed by atoms with E-state index < -0.39 is 5.41 Å². The highest BCUT2D eigenvalue weighted by Crippen LogP contribution is 2.16. The molecule has 0 rings (SSSR count). The van der Waals surface area contributed by atoms with Crippen LogP contribution in [0.2, 0.25) is 0 Å². The summed E-state index contributed by atoms with van der Waals surface area (Å²) in [6.07, 6.45) is 19.4. The zero-order valence-corrected chi connectivity index (χ0v) is 20.2. The summed E-state index contributed by atoms with van der Waals surface area (Å²) in [5.74, 6) is 1.94. The van der Waals surface area contributed by atoms with Crippen LogP contribution in [-0.2, 0) is 4.79 Å². The summed E-state index contributed by atoms with van der Waals surface area (Å²) in [6.45, 7) is 8.00. The average molecular weight is 416 g/mol. The molecular formula is C24H49NO2S. The number of amides is 1. The molecule has 1 amide bonds. The monoisotopic (exact) mass is 415 g/mol. The Kier molecular flexibility index (Phi) is 18.6. The van der Waals surface area contributed by atoms with Gasteiger partial charge in [0.05, 0.1) is 12.6 Å². The van der Waals surface area contributed by atoms with E-state index in [4.69, 9.17) is 0 Å². The van der Waals surface area contributed by atoms with E-state index in [2.05, 4.69) is 12.2 Å². The van der Waals surface area contributed by atoms with Crippen molar-refractivity contribution in [3.63, 3.8) is 0 Å². The summed E-state index contributed by atoms with van der Waals surface area (Å²) in [7, 11) is 0. The van der Waals surface area contributed by atoms with E-state index in [1.165, 1.54) is 89.9 Å². The number of carbonyl (C=O) groups is 1. The zero-order chi connectivity index (χ0) is 21.1. The molecule has 0 unspecified atom stereocenters. The van der Waals surface area contributed by atoms with Crippen molar-refractivity contribution < 1.29 is 9.90 Å². The Balaban J connectivity index is 3.35. The van der Waals surface area contributed by atoms with E-state index >= 15 is 0 Å². The number of hydrogen-bond acceptors (Lipinski definition) is 3. The van der Waals surface area contributed by atoms with Crippen molar-refractivity contribution in [2.75, 3.05) is 18.1 Å². The molecule has 3 nitrogen and oxygen atoms in total. The first-order valence-corrected chi connectivity index (χ1v) is 13.1. The largest absolute Gasteiger partial charge is 0.394 e. The molecule has 0 aromatic heterocycles. The van der Waals surface area contributed by atoms with Crippen LogP contribution in [0, 0.1) is 5.41 Å². The molecule has 4 heteroatoms. The van der Waals surface area contributed by atoms with Crippen LogP contribution in [0.5, 0.6) is 0 Å². The molecule has 0 saturated heterocycles. The molecule has 0 heterocycles. The van der Waals surface area contributed by atoms with Crippen LogP contribution in [-0.4, -0.2) is 35.2 Å². The Bertz CT molecular complexity index is 355. The van der Waals surface area contributed by atoms with Crippen molar-refractivity contribution in [2.45, 2.75) is 124 Å². The first-order valence-electron chi connectivity index (χ1n) is 11.9. The molecule has 0 radical (unpaired) electrons. The lowest BCUT2D eigenvalue weighted by atomic mass is 9.95. The van der Waals surface area contributed by atoms with Crippen LogP contribution in [0.25, 0.3) is 0 Å². The second-order valence-corrected chi connectivity index (χ2v) is 10.4. The van der Waals surface area contributed by atoms with Gasteiger partial charge in [-0.1, -0.05) is 111 Å². The highest BCUT2D eigenvalue weighted by molar-refractivity contribution is 7.99. The second kappa shape index (κ2) is 18.8. The lowest BCUT2D eigenvalue weighted by molar-refractivity contribution is -0.129. The second-order valence-electron chi connectivity index (χ2n) is 9.27. The minimum absolute atomic E-state index is 0.0173. The smallest absolute Gasteiger partial charge is 0.225 e. The minimum atomic E-state index is -0.396. The van der Waals surface area contributed by atoms with Crippen molar-refractivity contribution in [1.29, 1.82) is 0 Å². The fourth-order valence-corrected chi connectivity index (χ4v) is 4.21. The third-order valence-electron chi connectivity index (χ3n) is 5.20. The Morgan fingerprint density at radius 2 is 1.25 bits per heavy atom. The van der Waals surface area contributed by atoms with Crippen LogP contribution in [0.3, 0.4) is 0 Å². The van der Waals surface area contributed by atoms with Crippen molar-refractivity contribution in [2.24, 2.45) is 5.41 Å². The van der Waals surface area contributed by atoms with Gasteiger partial charge in [0.1, 0.15) is 0 Å². The maximum Gasteiger partial charge on any atom is 0.225 e. The van der Waals surface area contributed by atoms with Gasteiger partial charge in [-0.3, -0.25) is 4.79 Å². The van der Waals surface area contributed by atoms with Crippen LogP contribution in [0.15, 0.2) is 0 Å². The molecule has 0 spiro atoms. The molecule has 0 bridgehead atoms. The number of hydrogen-bond donors (Lipinski definition) is 2. The summed E-state index contributed by atoms with van der Waals surface area (Å²) in [6, 6.07) is -0.122. The SMILES string of the molecule is CCCCCCCCCCCCCCCCSC[C@H](CO)NC(=O)C(C)(C)C. The molecular weight excluding hydrogens is 366 g/mol. The molecule has 0 saturated carbocycles. The van der Waals surface area contributed by atoms with Gasteiger partial charge < -0.3 is 10.4 Å². The van der Waals surface area contributed by atoms with Crippen LogP contribution < -0.4 is 5.32 Å². The van der Waals surface area contributed by atoms with E-state index in [0.717, 1.165) is 11.5 Å². The molecule has 0 aliphatic heterocycles. The maximum absolute atomic E-state index is 12.0. The summed E-state index contributed by atoms with van der Waals surface area (Å²) >= 11 is 1.85. The zero-order valence-electron chi connectivity index (χ0n) is 19.4. The maximum atomic E-state index is 12.0. The molecule has 168 valence electrons. The number of rotatable bonds is 19. The Labute approximate surface area is 180 Å². The number of nitrogens with one attached hydrogen (secondary N) is 1. The van der Waals surface area contributed by atoms with Crippen molar-refractivity contribution in [1.82, 2.24) is 5.32 Å². The minimum Gasteiger partial charge on any atom is -0.394 e. The summed E-state index contributed by atoms with van der Waals surface area (Å²) < 4.78 is 0. The molecule has 2 N–H and O–H groups in total. The van der Waals surface area contributed by atoms with E-state index in [1.807, 2.05) is 32.5 Å². The van der Waals surface area contributed by atoms with Gasteiger partial charge in [0.25, 0.3) is 0 Å². The topological polar surface area (TPSA) is 49.3 Å². The van der Waals surface area contributed by atoms with Crippen molar-refractivity contribution in [3.8, 4) is 0 Å². The quantitative estimate of drug-likeness (QED) is 0.230. The first-order chi connectivity index (χ1) is 13.4. The molecule has 0 aromatic carbocycles. The van der Waals surface area contributed by atoms with E-state index in [9.17, 15) is 9.90 Å². The molecule has 28 heavy (non-hydrogen) atoms. The molecule has 1 atom stereocenters. The fraction of sp³-hybridized carbons (Fsp3) is 0.958. The Morgan fingerprint density at radius 1 is 0.821 bits per heavy atom. The third-order valence-corrected chi connectivity index (χ3v) is 6.41. The number of thioether (sulfide) groups is 1. The van der Waals surface area contributed by atoms with Gasteiger partial charge in [-0.15, -0.1) is 0 Å². The first kappa shape index (κ1) is 27.8. The summed E-state index contributed by atoms with van der Waals surface area (Å²) in [5, 5.41) is 12.4. The van der Waals surface area contributed by atoms with Crippen LogP contribution in [0.1, 0.15) is 118 Å². The normalized spacial score (nSPS) is 12.9. The average Bonchev–Trinajstić information content (AvgIpc) is 2.65. The van der Waals surface area contributed by atoms with Gasteiger partial charge in [0, 0.05) is 11.2 Å². The van der Waals surface area contributed by atoms with Gasteiger partial charge in [-0.05, 0) is 12.2 Å². The van der Waals surface area contributed by atoms with Crippen LogP contribution in [0.4, 0.5) is 0 Å². The number of aliphatic hydroxyl groups is 1. The van der Waals surface area contributed by atoms with Gasteiger partial charge in [0.2, 0.25) is 5.91 Å². The molecule has 0 aliphatic rings. The third kappa shape index (κ3) is 17.8. The van der Waals surface area contributed by atoms with Crippen molar-refractivity contribution >= 4 is 17.7 Å². The molecule has 0 aromatic rings. The predicted octanol–water partition coefficient (Wildman–Crippen LogP) is 6.72. The number of carbonyl (C=O) groups excluding carboxylic acids is 1. The van der Waals surface area contributed by atoms with Gasteiger partial charge in [0.15, 0.2) is 0 Å². The standard InChI is InChI=1S/C24H49NO2S/c1-5-6-7-8-9-10-11-12-13-14-15-16-17-18-19-28-21-22(20-26)25-23(27)24(2,3)4/h22,26H,5-21H2,1-4H3,(H,25,27)/t22-/m0/s1. The van der Waals surface area contributed by atoms with E-state index in [-0.39, 0.29) is 18.6 Å². The van der Waals surface area contributed by atoms with Gasteiger partial charge in [-0.25, -0.2) is 0 Å². The molecule has 0 fully saturated rings. The van der Waals surface area contributed by atoms with Crippen LogP contribution >= 0.6 is 11.8 Å². The van der Waals surface area contributed by atoms with Gasteiger partial charge in [-0.2, -0.15) is 11.8 Å². The van der Waals surface area contributed by atoms with Crippen molar-refractivity contribution in [3.05, 3.63) is 0 Å². The number of unbranched alkanes of at least 4 members (excludes halogenated alkanes) is 13. The Morgan fingerprint density at radius 3 is 1.64 bits per heavy atom. The lowest BCUT2D eigenvalue weighted by Gasteiger charge is -2.22. The highest BCUT2D eigenvalue weighted by atomic mass is 32.2.